The third kappa shape index (κ3) is 4.41. The maximum absolute atomic E-state index is 9.79. The van der Waals surface area contributed by atoms with Gasteiger partial charge in [-0.15, -0.1) is 0 Å². The lowest BCUT2D eigenvalue weighted by atomic mass is 10.1. The van der Waals surface area contributed by atoms with E-state index in [1.54, 1.807) is 29.2 Å². The van der Waals surface area contributed by atoms with Gasteiger partial charge in [0.25, 0.3) is 0 Å². The van der Waals surface area contributed by atoms with Crippen LogP contribution in [0.4, 0.5) is 0 Å². The van der Waals surface area contributed by atoms with E-state index in [2.05, 4.69) is 40.2 Å². The molecule has 7 heteroatoms. The number of thiophene rings is 1. The fourth-order valence-electron chi connectivity index (χ4n) is 2.53. The van der Waals surface area contributed by atoms with Crippen LogP contribution in [0.2, 0.25) is 10.0 Å². The van der Waals surface area contributed by atoms with Crippen LogP contribution in [0.3, 0.4) is 0 Å². The molecule has 132 valence electrons. The van der Waals surface area contributed by atoms with Gasteiger partial charge in [-0.05, 0) is 46.5 Å². The third-order valence-corrected chi connectivity index (χ3v) is 5.95. The molecule has 0 amide bonds. The van der Waals surface area contributed by atoms with E-state index in [0.717, 1.165) is 15.6 Å². The van der Waals surface area contributed by atoms with Gasteiger partial charge in [-0.1, -0.05) is 48.8 Å². The highest BCUT2D eigenvalue weighted by Crippen LogP contribution is 2.37. The molecule has 0 bridgehead atoms. The second kappa shape index (κ2) is 8.14. The molecule has 0 aliphatic heterocycles. The van der Waals surface area contributed by atoms with Crippen LogP contribution in [0, 0.1) is 0 Å². The Morgan fingerprint density at radius 3 is 2.52 bits per heavy atom. The molecule has 0 atom stereocenters. The van der Waals surface area contributed by atoms with Crippen molar-refractivity contribution in [2.24, 2.45) is 0 Å². The summed E-state index contributed by atoms with van der Waals surface area (Å²) in [5.74, 6) is 0.914. The van der Waals surface area contributed by atoms with Gasteiger partial charge in [-0.3, -0.25) is 0 Å². The second-order valence-electron chi connectivity index (χ2n) is 5.96. The summed E-state index contributed by atoms with van der Waals surface area (Å²) in [4.78, 5) is 5.63. The highest BCUT2D eigenvalue weighted by Gasteiger charge is 2.20. The molecule has 2 aromatic heterocycles. The van der Waals surface area contributed by atoms with Crippen molar-refractivity contribution in [2.75, 3.05) is 0 Å². The molecule has 3 nitrogen and oxygen atoms in total. The average Bonchev–Trinajstić information content (AvgIpc) is 3.15. The Kier molecular flexibility index (Phi) is 6.12. The van der Waals surface area contributed by atoms with E-state index < -0.39 is 0 Å². The van der Waals surface area contributed by atoms with Gasteiger partial charge in [0.2, 0.25) is 0 Å². The van der Waals surface area contributed by atoms with Crippen molar-refractivity contribution in [3.8, 4) is 0 Å². The highest BCUT2D eigenvalue weighted by atomic mass is 35.5. The first-order valence-electron chi connectivity index (χ1n) is 7.83. The normalized spacial score (nSPS) is 11.4. The highest BCUT2D eigenvalue weighted by molar-refractivity contribution is 7.99. The zero-order valence-electron chi connectivity index (χ0n) is 13.9. The van der Waals surface area contributed by atoms with Crippen LogP contribution in [-0.2, 0) is 13.2 Å². The largest absolute Gasteiger partial charge is 0.388 e. The van der Waals surface area contributed by atoms with Crippen molar-refractivity contribution in [3.05, 3.63) is 62.2 Å². The Balaban J connectivity index is 2.06. The first-order chi connectivity index (χ1) is 12.0. The monoisotopic (exact) mass is 412 g/mol. The molecule has 0 saturated carbocycles. The van der Waals surface area contributed by atoms with Crippen LogP contribution in [0.5, 0.6) is 0 Å². The number of rotatable bonds is 6. The molecule has 25 heavy (non-hydrogen) atoms. The lowest BCUT2D eigenvalue weighted by Crippen LogP contribution is -2.06. The van der Waals surface area contributed by atoms with Crippen LogP contribution in [-0.4, -0.2) is 14.7 Å². The first-order valence-corrected chi connectivity index (χ1v) is 10.3. The van der Waals surface area contributed by atoms with E-state index in [1.807, 2.05) is 12.1 Å². The number of aromatic nitrogens is 2. The molecular formula is C18H18Cl2N2OS2. The first kappa shape index (κ1) is 18.8. The van der Waals surface area contributed by atoms with E-state index in [0.29, 0.717) is 22.4 Å². The summed E-state index contributed by atoms with van der Waals surface area (Å²) < 4.78 is 2.08. The predicted octanol–water partition coefficient (Wildman–Crippen LogP) is 6.07. The zero-order valence-corrected chi connectivity index (χ0v) is 17.0. The molecule has 0 spiro atoms. The van der Waals surface area contributed by atoms with Gasteiger partial charge in [0.1, 0.15) is 17.5 Å². The lowest BCUT2D eigenvalue weighted by Gasteiger charge is -2.12. The number of imidazole rings is 1. The van der Waals surface area contributed by atoms with Crippen molar-refractivity contribution >= 4 is 46.3 Å². The summed E-state index contributed by atoms with van der Waals surface area (Å²) in [7, 11) is 0. The molecule has 0 fully saturated rings. The quantitative estimate of drug-likeness (QED) is 0.533. The number of aliphatic hydroxyl groups is 1. The summed E-state index contributed by atoms with van der Waals surface area (Å²) in [6.07, 6.45) is 0. The summed E-state index contributed by atoms with van der Waals surface area (Å²) in [6.45, 7) is 4.79. The lowest BCUT2D eigenvalue weighted by molar-refractivity contribution is 0.265. The molecule has 0 aliphatic rings. The Morgan fingerprint density at radius 2 is 1.96 bits per heavy atom. The van der Waals surface area contributed by atoms with Gasteiger partial charge >= 0.3 is 0 Å². The van der Waals surface area contributed by atoms with Crippen molar-refractivity contribution < 1.29 is 5.11 Å². The predicted molar refractivity (Wildman–Crippen MR) is 106 cm³/mol. The Hall–Kier alpha value is -0.980. The maximum Gasteiger partial charge on any atom is 0.136 e. The summed E-state index contributed by atoms with van der Waals surface area (Å²) >= 11 is 15.5. The number of hydrogen-bond donors (Lipinski definition) is 1. The van der Waals surface area contributed by atoms with Crippen LogP contribution in [0.25, 0.3) is 0 Å². The molecule has 1 N–H and O–H groups in total. The van der Waals surface area contributed by atoms with Gasteiger partial charge in [0.15, 0.2) is 0 Å². The van der Waals surface area contributed by atoms with Gasteiger partial charge < -0.3 is 9.67 Å². The number of halogens is 2. The van der Waals surface area contributed by atoms with E-state index in [9.17, 15) is 5.11 Å². The van der Waals surface area contributed by atoms with Gasteiger partial charge in [-0.25, -0.2) is 4.98 Å². The van der Waals surface area contributed by atoms with E-state index in [1.165, 1.54) is 5.56 Å². The number of benzene rings is 1. The molecule has 1 aromatic carbocycles. The third-order valence-electron chi connectivity index (χ3n) is 3.69. The smallest absolute Gasteiger partial charge is 0.136 e. The molecule has 0 aliphatic carbocycles. The number of hydrogen-bond acceptors (Lipinski definition) is 4. The van der Waals surface area contributed by atoms with Crippen LogP contribution >= 0.6 is 46.3 Å². The fraction of sp³-hybridized carbons (Fsp3) is 0.278. The van der Waals surface area contributed by atoms with Crippen LogP contribution in [0.15, 0.2) is 44.9 Å². The van der Waals surface area contributed by atoms with Gasteiger partial charge in [-0.2, -0.15) is 11.3 Å². The van der Waals surface area contributed by atoms with Crippen LogP contribution < -0.4 is 0 Å². The molecule has 0 radical (unpaired) electrons. The van der Waals surface area contributed by atoms with Gasteiger partial charge in [0.05, 0.1) is 12.2 Å². The second-order valence-corrected chi connectivity index (χ2v) is 8.67. The average molecular weight is 413 g/mol. The van der Waals surface area contributed by atoms with Crippen molar-refractivity contribution in [2.45, 2.75) is 42.8 Å². The summed E-state index contributed by atoms with van der Waals surface area (Å²) in [5.41, 5.74) is 2.17. The minimum Gasteiger partial charge on any atom is -0.388 e. The van der Waals surface area contributed by atoms with E-state index in [4.69, 9.17) is 23.2 Å². The van der Waals surface area contributed by atoms with Crippen LogP contribution in [0.1, 0.15) is 36.8 Å². The maximum atomic E-state index is 9.79. The minimum atomic E-state index is -0.0965. The minimum absolute atomic E-state index is 0.0965. The Labute approximate surface area is 165 Å². The molecule has 3 aromatic rings. The molecular weight excluding hydrogens is 395 g/mol. The SMILES string of the molecule is CC(C)c1nc(CO)n(Cc2ccsc2)c1Sc1cc(Cl)cc(Cl)c1. The Morgan fingerprint density at radius 1 is 1.24 bits per heavy atom. The van der Waals surface area contributed by atoms with Crippen molar-refractivity contribution in [1.82, 2.24) is 9.55 Å². The standard InChI is InChI=1S/C18H18Cl2N2OS2/c1-11(2)17-18(25-15-6-13(19)5-14(20)7-15)22(16(9-23)21-17)8-12-3-4-24-10-12/h3-7,10-11,23H,8-9H2,1-2H3. The fourth-order valence-corrected chi connectivity index (χ4v) is 5.11. The summed E-state index contributed by atoms with van der Waals surface area (Å²) in [6, 6.07) is 7.59. The summed E-state index contributed by atoms with van der Waals surface area (Å²) in [5, 5.41) is 16.2. The topological polar surface area (TPSA) is 38.1 Å². The zero-order chi connectivity index (χ0) is 18.0. The Bertz CT molecular complexity index is 840. The molecule has 0 unspecified atom stereocenters. The van der Waals surface area contributed by atoms with E-state index in [-0.39, 0.29) is 12.5 Å². The van der Waals surface area contributed by atoms with E-state index >= 15 is 0 Å². The van der Waals surface area contributed by atoms with Crippen molar-refractivity contribution in [3.63, 3.8) is 0 Å². The molecule has 0 saturated heterocycles. The molecule has 3 rings (SSSR count). The molecule has 2 heterocycles. The van der Waals surface area contributed by atoms with Gasteiger partial charge in [0, 0.05) is 14.9 Å². The number of nitrogens with zero attached hydrogens (tertiary/aromatic N) is 2. The number of aliphatic hydroxyl groups excluding tert-OH is 1. The van der Waals surface area contributed by atoms with Crippen molar-refractivity contribution in [1.29, 1.82) is 0 Å².